The van der Waals surface area contributed by atoms with Gasteiger partial charge in [0.2, 0.25) is 5.91 Å². The molecule has 0 bridgehead atoms. The van der Waals surface area contributed by atoms with Gasteiger partial charge in [0.1, 0.15) is 12.3 Å². The highest BCUT2D eigenvalue weighted by molar-refractivity contribution is 5.80. The summed E-state index contributed by atoms with van der Waals surface area (Å²) in [4.78, 5) is 26.4. The molecule has 2 heterocycles. The van der Waals surface area contributed by atoms with E-state index in [4.69, 9.17) is 4.42 Å². The maximum Gasteiger partial charge on any atom is 0.326 e. The molecule has 2 aromatic heterocycles. The predicted octanol–water partition coefficient (Wildman–Crippen LogP) is 1.24. The first-order valence-corrected chi connectivity index (χ1v) is 6.20. The number of furan rings is 1. The third kappa shape index (κ3) is 2.35. The molecule has 0 unspecified atom stereocenters. The summed E-state index contributed by atoms with van der Waals surface area (Å²) >= 11 is 0. The van der Waals surface area contributed by atoms with E-state index in [1.165, 1.54) is 4.57 Å². The number of hydrogen-bond acceptors (Lipinski definition) is 3. The lowest BCUT2D eigenvalue weighted by Gasteiger charge is -2.04. The summed E-state index contributed by atoms with van der Waals surface area (Å²) in [6.07, 6.45) is 1.55. The van der Waals surface area contributed by atoms with E-state index < -0.39 is 0 Å². The molecule has 6 nitrogen and oxygen atoms in total. The second kappa shape index (κ2) is 5.08. The second-order valence-electron chi connectivity index (χ2n) is 4.39. The molecular formula is C14H13N3O3. The van der Waals surface area contributed by atoms with E-state index in [0.717, 1.165) is 5.52 Å². The summed E-state index contributed by atoms with van der Waals surface area (Å²) in [6.45, 7) is 0.284. The van der Waals surface area contributed by atoms with Crippen molar-refractivity contribution >= 4 is 16.9 Å². The van der Waals surface area contributed by atoms with Crippen molar-refractivity contribution in [3.05, 3.63) is 58.9 Å². The van der Waals surface area contributed by atoms with Crippen molar-refractivity contribution < 1.29 is 9.21 Å². The van der Waals surface area contributed by atoms with Crippen LogP contribution in [-0.2, 0) is 17.9 Å². The Morgan fingerprint density at radius 1 is 1.25 bits per heavy atom. The smallest absolute Gasteiger partial charge is 0.326 e. The number of carbonyl (C=O) groups excluding carboxylic acids is 1. The molecule has 1 aromatic carbocycles. The summed E-state index contributed by atoms with van der Waals surface area (Å²) in [5.41, 5.74) is 1.14. The fourth-order valence-corrected chi connectivity index (χ4v) is 2.06. The Balaban J connectivity index is 1.74. The number of rotatable bonds is 4. The first-order valence-electron chi connectivity index (χ1n) is 6.20. The number of benzene rings is 1. The zero-order valence-electron chi connectivity index (χ0n) is 10.6. The standard InChI is InChI=1S/C14H13N3O3/c18-13(15-8-10-4-3-7-20-10)9-17-12-6-2-1-5-11(12)16-14(17)19/h1-7H,8-9H2,(H,15,18)(H,16,19). The van der Waals surface area contributed by atoms with Crippen LogP contribution in [0.2, 0.25) is 0 Å². The van der Waals surface area contributed by atoms with Gasteiger partial charge in [-0.1, -0.05) is 12.1 Å². The maximum absolute atomic E-state index is 11.9. The Kier molecular flexibility index (Phi) is 3.12. The minimum Gasteiger partial charge on any atom is -0.467 e. The van der Waals surface area contributed by atoms with Crippen molar-refractivity contribution in [2.45, 2.75) is 13.1 Å². The molecule has 0 saturated heterocycles. The van der Waals surface area contributed by atoms with Gasteiger partial charge < -0.3 is 14.7 Å². The van der Waals surface area contributed by atoms with Crippen LogP contribution >= 0.6 is 0 Å². The third-order valence-corrected chi connectivity index (χ3v) is 3.02. The van der Waals surface area contributed by atoms with Gasteiger partial charge in [-0.15, -0.1) is 0 Å². The number of carbonyl (C=O) groups is 1. The maximum atomic E-state index is 11.9. The fourth-order valence-electron chi connectivity index (χ4n) is 2.06. The molecule has 2 N–H and O–H groups in total. The van der Waals surface area contributed by atoms with E-state index in [1.54, 1.807) is 30.5 Å². The van der Waals surface area contributed by atoms with Gasteiger partial charge in [-0.05, 0) is 24.3 Å². The van der Waals surface area contributed by atoms with Crippen molar-refractivity contribution in [1.82, 2.24) is 14.9 Å². The Morgan fingerprint density at radius 2 is 2.10 bits per heavy atom. The average Bonchev–Trinajstić information content (AvgIpc) is 3.06. The van der Waals surface area contributed by atoms with Crippen molar-refractivity contribution in [2.24, 2.45) is 0 Å². The molecule has 0 atom stereocenters. The molecule has 0 spiro atoms. The normalized spacial score (nSPS) is 10.8. The summed E-state index contributed by atoms with van der Waals surface area (Å²) in [5, 5.41) is 2.71. The van der Waals surface area contributed by atoms with Gasteiger partial charge in [-0.3, -0.25) is 9.36 Å². The Bertz CT molecular complexity index is 783. The monoisotopic (exact) mass is 271 g/mol. The molecule has 20 heavy (non-hydrogen) atoms. The lowest BCUT2D eigenvalue weighted by Crippen LogP contribution is -2.30. The van der Waals surface area contributed by atoms with Crippen LogP contribution in [0.15, 0.2) is 51.9 Å². The zero-order chi connectivity index (χ0) is 13.9. The number of aromatic amines is 1. The Morgan fingerprint density at radius 3 is 2.90 bits per heavy atom. The highest BCUT2D eigenvalue weighted by atomic mass is 16.3. The SMILES string of the molecule is O=C(Cn1c(=O)[nH]c2ccccc21)NCc1ccco1. The lowest BCUT2D eigenvalue weighted by atomic mass is 10.3. The first-order chi connectivity index (χ1) is 9.74. The van der Waals surface area contributed by atoms with E-state index >= 15 is 0 Å². The molecule has 1 amide bonds. The number of nitrogens with one attached hydrogen (secondary N) is 2. The van der Waals surface area contributed by atoms with Crippen LogP contribution in [0.4, 0.5) is 0 Å². The third-order valence-electron chi connectivity index (χ3n) is 3.02. The minimum atomic E-state index is -0.292. The number of hydrogen-bond donors (Lipinski definition) is 2. The van der Waals surface area contributed by atoms with E-state index in [2.05, 4.69) is 10.3 Å². The van der Waals surface area contributed by atoms with Crippen LogP contribution < -0.4 is 11.0 Å². The van der Waals surface area contributed by atoms with Gasteiger partial charge in [0, 0.05) is 0 Å². The Labute approximate surface area is 114 Å². The van der Waals surface area contributed by atoms with Crippen molar-refractivity contribution in [2.75, 3.05) is 0 Å². The number of para-hydroxylation sites is 2. The Hall–Kier alpha value is -2.76. The number of aromatic nitrogens is 2. The molecule has 3 rings (SSSR count). The summed E-state index contributed by atoms with van der Waals surface area (Å²) in [7, 11) is 0. The lowest BCUT2D eigenvalue weighted by molar-refractivity contribution is -0.121. The topological polar surface area (TPSA) is 80.0 Å². The van der Waals surface area contributed by atoms with Gasteiger partial charge in [-0.25, -0.2) is 4.79 Å². The van der Waals surface area contributed by atoms with Gasteiger partial charge in [-0.2, -0.15) is 0 Å². The number of amides is 1. The van der Waals surface area contributed by atoms with E-state index in [-0.39, 0.29) is 18.1 Å². The molecule has 0 radical (unpaired) electrons. The minimum absolute atomic E-state index is 0.0243. The van der Waals surface area contributed by atoms with Crippen molar-refractivity contribution in [3.8, 4) is 0 Å². The van der Waals surface area contributed by atoms with Crippen LogP contribution in [-0.4, -0.2) is 15.5 Å². The number of H-pyrrole nitrogens is 1. The molecule has 102 valence electrons. The van der Waals surface area contributed by atoms with Gasteiger partial charge in [0.05, 0.1) is 23.8 Å². The van der Waals surface area contributed by atoms with Crippen molar-refractivity contribution in [3.63, 3.8) is 0 Å². The molecule has 0 aliphatic rings. The highest BCUT2D eigenvalue weighted by Crippen LogP contribution is 2.08. The van der Waals surface area contributed by atoms with Crippen LogP contribution in [0.3, 0.4) is 0 Å². The first kappa shape index (κ1) is 12.3. The predicted molar refractivity (Wildman–Crippen MR) is 73.1 cm³/mol. The summed E-state index contributed by atoms with van der Waals surface area (Å²) < 4.78 is 6.53. The van der Waals surface area contributed by atoms with Crippen LogP contribution in [0.1, 0.15) is 5.76 Å². The highest BCUT2D eigenvalue weighted by Gasteiger charge is 2.10. The van der Waals surface area contributed by atoms with E-state index in [0.29, 0.717) is 17.8 Å². The molecule has 0 aliphatic heterocycles. The van der Waals surface area contributed by atoms with E-state index in [9.17, 15) is 9.59 Å². The zero-order valence-corrected chi connectivity index (χ0v) is 10.6. The van der Waals surface area contributed by atoms with Crippen LogP contribution in [0.25, 0.3) is 11.0 Å². The molecule has 0 saturated carbocycles. The van der Waals surface area contributed by atoms with Gasteiger partial charge >= 0.3 is 5.69 Å². The summed E-state index contributed by atoms with van der Waals surface area (Å²) in [6, 6.07) is 10.8. The average molecular weight is 271 g/mol. The molecular weight excluding hydrogens is 258 g/mol. The quantitative estimate of drug-likeness (QED) is 0.749. The molecule has 0 aliphatic carbocycles. The van der Waals surface area contributed by atoms with Crippen LogP contribution in [0.5, 0.6) is 0 Å². The number of fused-ring (bicyclic) bond motifs is 1. The van der Waals surface area contributed by atoms with Gasteiger partial charge in [0.25, 0.3) is 0 Å². The molecule has 0 fully saturated rings. The number of nitrogens with zero attached hydrogens (tertiary/aromatic N) is 1. The van der Waals surface area contributed by atoms with E-state index in [1.807, 2.05) is 12.1 Å². The van der Waals surface area contributed by atoms with Crippen LogP contribution in [0, 0.1) is 0 Å². The molecule has 6 heteroatoms. The largest absolute Gasteiger partial charge is 0.467 e. The fraction of sp³-hybridized carbons (Fsp3) is 0.143. The van der Waals surface area contributed by atoms with Gasteiger partial charge in [0.15, 0.2) is 0 Å². The number of imidazole rings is 1. The second-order valence-corrected chi connectivity index (χ2v) is 4.39. The summed E-state index contributed by atoms with van der Waals surface area (Å²) in [5.74, 6) is 0.429. The van der Waals surface area contributed by atoms with Crippen molar-refractivity contribution in [1.29, 1.82) is 0 Å². The molecule has 3 aromatic rings.